The minimum Gasteiger partial charge on any atom is -0.463 e. The predicted molar refractivity (Wildman–Crippen MR) is 90.9 cm³/mol. The van der Waals surface area contributed by atoms with Crippen LogP contribution in [0.4, 0.5) is 0 Å². The highest BCUT2D eigenvalue weighted by Crippen LogP contribution is 2.38. The monoisotopic (exact) mass is 347 g/mol. The molecule has 0 saturated carbocycles. The standard InChI is InChI=1S/C18H21NO4S/c1-3-23-18(20)16-11-14-5-4-10-19(12-17(14)16)24(21,22)15-8-6-13(2)7-9-15/h5-9H,3-4,10-12H2,1-2H3. The van der Waals surface area contributed by atoms with Crippen molar-refractivity contribution in [3.8, 4) is 0 Å². The van der Waals surface area contributed by atoms with E-state index in [1.165, 1.54) is 4.31 Å². The Labute approximate surface area is 142 Å². The van der Waals surface area contributed by atoms with Gasteiger partial charge in [-0.1, -0.05) is 23.8 Å². The van der Waals surface area contributed by atoms with Gasteiger partial charge in [0.1, 0.15) is 0 Å². The molecule has 0 aromatic heterocycles. The molecular weight excluding hydrogens is 326 g/mol. The molecule has 0 amide bonds. The van der Waals surface area contributed by atoms with Crippen molar-refractivity contribution in [3.05, 3.63) is 52.6 Å². The number of fused-ring (bicyclic) bond motifs is 1. The fourth-order valence-corrected chi connectivity index (χ4v) is 4.42. The zero-order chi connectivity index (χ0) is 17.3. The second-order valence-corrected chi connectivity index (χ2v) is 7.96. The third-order valence-electron chi connectivity index (χ3n) is 4.40. The molecule has 0 unspecified atom stereocenters. The summed E-state index contributed by atoms with van der Waals surface area (Å²) in [6, 6.07) is 6.85. The van der Waals surface area contributed by atoms with Crippen molar-refractivity contribution in [1.82, 2.24) is 4.31 Å². The van der Waals surface area contributed by atoms with Crippen LogP contribution in [-0.4, -0.2) is 38.4 Å². The molecule has 6 heteroatoms. The predicted octanol–water partition coefficient (Wildman–Crippen LogP) is 2.58. The maximum Gasteiger partial charge on any atom is 0.334 e. The maximum atomic E-state index is 12.9. The summed E-state index contributed by atoms with van der Waals surface area (Å²) in [4.78, 5) is 12.3. The molecule has 2 aliphatic rings. The minimum atomic E-state index is -3.57. The molecule has 5 nitrogen and oxygen atoms in total. The van der Waals surface area contributed by atoms with Gasteiger partial charge in [-0.2, -0.15) is 4.31 Å². The Hall–Kier alpha value is -1.92. The number of sulfonamides is 1. The Balaban J connectivity index is 1.89. The number of rotatable bonds is 4. The van der Waals surface area contributed by atoms with E-state index in [-0.39, 0.29) is 17.4 Å². The van der Waals surface area contributed by atoms with Crippen molar-refractivity contribution in [1.29, 1.82) is 0 Å². The van der Waals surface area contributed by atoms with Crippen LogP contribution in [0.5, 0.6) is 0 Å². The lowest BCUT2D eigenvalue weighted by atomic mass is 9.82. The average molecular weight is 347 g/mol. The molecule has 1 aliphatic heterocycles. The van der Waals surface area contributed by atoms with E-state index in [2.05, 4.69) is 0 Å². The lowest BCUT2D eigenvalue weighted by Crippen LogP contribution is -2.35. The number of esters is 1. The number of hydrogen-bond acceptors (Lipinski definition) is 4. The fourth-order valence-electron chi connectivity index (χ4n) is 3.00. The van der Waals surface area contributed by atoms with Crippen molar-refractivity contribution < 1.29 is 17.9 Å². The summed E-state index contributed by atoms with van der Waals surface area (Å²) in [6.45, 7) is 4.65. The highest BCUT2D eigenvalue weighted by Gasteiger charge is 2.35. The maximum absolute atomic E-state index is 12.9. The van der Waals surface area contributed by atoms with Crippen LogP contribution in [0.1, 0.15) is 25.3 Å². The van der Waals surface area contributed by atoms with Crippen LogP contribution in [-0.2, 0) is 19.6 Å². The van der Waals surface area contributed by atoms with Gasteiger partial charge in [-0.25, -0.2) is 13.2 Å². The van der Waals surface area contributed by atoms with E-state index in [0.29, 0.717) is 31.6 Å². The van der Waals surface area contributed by atoms with E-state index in [9.17, 15) is 13.2 Å². The molecule has 1 aromatic carbocycles. The van der Waals surface area contributed by atoms with Gasteiger partial charge in [0.2, 0.25) is 10.0 Å². The van der Waals surface area contributed by atoms with Crippen LogP contribution in [0.2, 0.25) is 0 Å². The number of ether oxygens (including phenoxy) is 1. The van der Waals surface area contributed by atoms with E-state index in [1.54, 1.807) is 31.2 Å². The van der Waals surface area contributed by atoms with Crippen LogP contribution < -0.4 is 0 Å². The molecule has 0 radical (unpaired) electrons. The van der Waals surface area contributed by atoms with Crippen LogP contribution >= 0.6 is 0 Å². The number of carbonyl (C=O) groups excluding carboxylic acids is 1. The molecule has 128 valence electrons. The van der Waals surface area contributed by atoms with Crippen LogP contribution in [0.3, 0.4) is 0 Å². The largest absolute Gasteiger partial charge is 0.463 e. The second-order valence-electron chi connectivity index (χ2n) is 6.02. The lowest BCUT2D eigenvalue weighted by Gasteiger charge is -2.28. The van der Waals surface area contributed by atoms with Gasteiger partial charge in [0.05, 0.1) is 11.5 Å². The molecule has 0 spiro atoms. The van der Waals surface area contributed by atoms with Gasteiger partial charge >= 0.3 is 5.97 Å². The van der Waals surface area contributed by atoms with E-state index in [0.717, 1.165) is 16.7 Å². The highest BCUT2D eigenvalue weighted by atomic mass is 32.2. The summed E-state index contributed by atoms with van der Waals surface area (Å²) >= 11 is 0. The molecule has 0 N–H and O–H groups in total. The molecule has 0 bridgehead atoms. The third kappa shape index (κ3) is 3.03. The van der Waals surface area contributed by atoms with Crippen molar-refractivity contribution >= 4 is 16.0 Å². The molecule has 1 heterocycles. The SMILES string of the molecule is CCOC(=O)C1=C2CN(S(=O)(=O)c3ccc(C)cc3)CCC=C2C1. The van der Waals surface area contributed by atoms with Gasteiger partial charge in [-0.3, -0.25) is 0 Å². The summed E-state index contributed by atoms with van der Waals surface area (Å²) in [5.41, 5.74) is 3.50. The number of nitrogens with zero attached hydrogens (tertiary/aromatic N) is 1. The quantitative estimate of drug-likeness (QED) is 0.786. The van der Waals surface area contributed by atoms with Crippen LogP contribution in [0, 0.1) is 6.92 Å². The Kier molecular flexibility index (Phi) is 4.60. The van der Waals surface area contributed by atoms with Gasteiger partial charge in [0, 0.05) is 25.1 Å². The van der Waals surface area contributed by atoms with Crippen molar-refractivity contribution in [3.63, 3.8) is 0 Å². The molecule has 24 heavy (non-hydrogen) atoms. The normalized spacial score (nSPS) is 18.3. The summed E-state index contributed by atoms with van der Waals surface area (Å²) in [6.07, 6.45) is 3.26. The van der Waals surface area contributed by atoms with E-state index in [1.807, 2.05) is 13.0 Å². The average Bonchev–Trinajstić information content (AvgIpc) is 2.68. The van der Waals surface area contributed by atoms with Gasteiger partial charge < -0.3 is 4.74 Å². The first-order chi connectivity index (χ1) is 11.4. The highest BCUT2D eigenvalue weighted by molar-refractivity contribution is 7.89. The first kappa shape index (κ1) is 16.9. The van der Waals surface area contributed by atoms with Crippen LogP contribution in [0.15, 0.2) is 52.0 Å². The van der Waals surface area contributed by atoms with E-state index >= 15 is 0 Å². The Morgan fingerprint density at radius 2 is 1.96 bits per heavy atom. The van der Waals surface area contributed by atoms with Gasteiger partial charge in [0.25, 0.3) is 0 Å². The van der Waals surface area contributed by atoms with E-state index in [4.69, 9.17) is 4.74 Å². The molecule has 0 fully saturated rings. The first-order valence-electron chi connectivity index (χ1n) is 8.09. The zero-order valence-corrected chi connectivity index (χ0v) is 14.7. The first-order valence-corrected chi connectivity index (χ1v) is 9.53. The lowest BCUT2D eigenvalue weighted by molar-refractivity contribution is -0.138. The summed E-state index contributed by atoms with van der Waals surface area (Å²) in [7, 11) is -3.57. The summed E-state index contributed by atoms with van der Waals surface area (Å²) in [5, 5.41) is 0. The Morgan fingerprint density at radius 1 is 1.25 bits per heavy atom. The zero-order valence-electron chi connectivity index (χ0n) is 13.9. The van der Waals surface area contributed by atoms with Gasteiger partial charge in [-0.15, -0.1) is 0 Å². The molecule has 3 rings (SSSR count). The van der Waals surface area contributed by atoms with Crippen molar-refractivity contribution in [2.24, 2.45) is 0 Å². The number of carbonyl (C=O) groups is 1. The third-order valence-corrected chi connectivity index (χ3v) is 6.26. The molecule has 0 atom stereocenters. The summed E-state index contributed by atoms with van der Waals surface area (Å²) in [5.74, 6) is -0.334. The smallest absolute Gasteiger partial charge is 0.334 e. The Bertz CT molecular complexity index is 819. The second kappa shape index (κ2) is 6.53. The topological polar surface area (TPSA) is 63.7 Å². The number of benzene rings is 1. The molecule has 1 aliphatic carbocycles. The molecule has 1 aromatic rings. The van der Waals surface area contributed by atoms with Crippen LogP contribution in [0.25, 0.3) is 0 Å². The number of hydrogen-bond donors (Lipinski definition) is 0. The minimum absolute atomic E-state index is 0.232. The Morgan fingerprint density at radius 3 is 2.62 bits per heavy atom. The van der Waals surface area contributed by atoms with Gasteiger partial charge in [0.15, 0.2) is 0 Å². The van der Waals surface area contributed by atoms with Crippen molar-refractivity contribution in [2.75, 3.05) is 19.7 Å². The van der Waals surface area contributed by atoms with E-state index < -0.39 is 10.0 Å². The molecule has 0 saturated heterocycles. The number of aryl methyl sites for hydroxylation is 1. The molecular formula is C18H21NO4S. The van der Waals surface area contributed by atoms with Crippen molar-refractivity contribution in [2.45, 2.75) is 31.6 Å². The van der Waals surface area contributed by atoms with Gasteiger partial charge in [-0.05, 0) is 43.5 Å². The summed E-state index contributed by atoms with van der Waals surface area (Å²) < 4.78 is 32.3. The fraction of sp³-hybridized carbons (Fsp3) is 0.389.